The van der Waals surface area contributed by atoms with E-state index < -0.39 is 0 Å². The van der Waals surface area contributed by atoms with Crippen LogP contribution in [-0.4, -0.2) is 12.6 Å². The summed E-state index contributed by atoms with van der Waals surface area (Å²) in [6, 6.07) is 0. The first-order valence-corrected chi connectivity index (χ1v) is 7.32. The van der Waals surface area contributed by atoms with Crippen LogP contribution >= 0.6 is 0 Å². The molecule has 0 aromatic rings. The number of esters is 1. The minimum atomic E-state index is -0.330. The third kappa shape index (κ3) is 7.19. The number of carbonyl (C=O) groups excluding carboxylic acids is 1. The quantitative estimate of drug-likeness (QED) is 0.454. The topological polar surface area (TPSA) is 26.3 Å². The summed E-state index contributed by atoms with van der Waals surface area (Å²) in [7, 11) is 0. The van der Waals surface area contributed by atoms with Crippen LogP contribution in [0.5, 0.6) is 0 Å². The van der Waals surface area contributed by atoms with E-state index in [4.69, 9.17) is 4.74 Å². The minimum absolute atomic E-state index is 0.0779. The number of hydrogen-bond donors (Lipinski definition) is 0. The van der Waals surface area contributed by atoms with E-state index in [0.717, 1.165) is 25.7 Å². The highest BCUT2D eigenvalue weighted by Gasteiger charge is 2.30. The molecule has 2 nitrogen and oxygen atoms in total. The molecule has 0 saturated carbocycles. The average molecular weight is 266 g/mol. The molecule has 2 heteroatoms. The lowest BCUT2D eigenvalue weighted by Crippen LogP contribution is -2.28. The Morgan fingerprint density at radius 1 is 1.11 bits per heavy atom. The molecule has 0 spiro atoms. The molecule has 0 saturated heterocycles. The number of hydrogen-bond acceptors (Lipinski definition) is 2. The van der Waals surface area contributed by atoms with Gasteiger partial charge in [0.05, 0.1) is 5.41 Å². The van der Waals surface area contributed by atoms with E-state index in [1.54, 1.807) is 0 Å². The van der Waals surface area contributed by atoms with Crippen molar-refractivity contribution in [1.29, 1.82) is 0 Å². The Bertz CT molecular complexity index is 329. The molecule has 0 amide bonds. The number of allylic oxidation sites excluding steroid dienone is 3. The van der Waals surface area contributed by atoms with Crippen molar-refractivity contribution < 1.29 is 9.53 Å². The molecule has 19 heavy (non-hydrogen) atoms. The van der Waals surface area contributed by atoms with Gasteiger partial charge in [0.15, 0.2) is 0 Å². The smallest absolute Gasteiger partial charge is 0.312 e. The van der Waals surface area contributed by atoms with E-state index >= 15 is 0 Å². The highest BCUT2D eigenvalue weighted by Crippen LogP contribution is 2.26. The molecule has 0 aromatic heterocycles. The maximum absolute atomic E-state index is 12.0. The monoisotopic (exact) mass is 266 g/mol. The number of carbonyl (C=O) groups is 1. The summed E-state index contributed by atoms with van der Waals surface area (Å²) < 4.78 is 5.36. The average Bonchev–Trinajstić information content (AvgIpc) is 2.37. The normalized spacial score (nSPS) is 12.2. The Morgan fingerprint density at radius 2 is 1.68 bits per heavy atom. The van der Waals surface area contributed by atoms with Gasteiger partial charge in [-0.3, -0.25) is 4.79 Å². The molecule has 0 heterocycles. The van der Waals surface area contributed by atoms with E-state index in [2.05, 4.69) is 26.8 Å². The molecule has 0 aliphatic rings. The summed E-state index contributed by atoms with van der Waals surface area (Å²) >= 11 is 0. The molecule has 0 N–H and O–H groups in total. The summed E-state index contributed by atoms with van der Waals surface area (Å²) in [5, 5.41) is 0. The van der Waals surface area contributed by atoms with E-state index in [1.165, 1.54) is 11.1 Å². The lowest BCUT2D eigenvalue weighted by molar-refractivity contribution is -0.154. The van der Waals surface area contributed by atoms with Crippen LogP contribution in [0.15, 0.2) is 23.3 Å². The molecule has 0 rings (SSSR count). The summed E-state index contributed by atoms with van der Waals surface area (Å²) in [4.78, 5) is 12.0. The Balaban J connectivity index is 4.13. The zero-order valence-electron chi connectivity index (χ0n) is 13.5. The van der Waals surface area contributed by atoms with Gasteiger partial charge in [-0.1, -0.05) is 31.1 Å². The van der Waals surface area contributed by atoms with Crippen molar-refractivity contribution in [3.8, 4) is 0 Å². The van der Waals surface area contributed by atoms with Gasteiger partial charge in [0, 0.05) is 0 Å². The van der Waals surface area contributed by atoms with Crippen molar-refractivity contribution in [3.63, 3.8) is 0 Å². The third-order valence-electron chi connectivity index (χ3n) is 3.79. The van der Waals surface area contributed by atoms with Crippen molar-refractivity contribution in [2.45, 2.75) is 67.2 Å². The van der Waals surface area contributed by atoms with Crippen molar-refractivity contribution in [2.24, 2.45) is 5.41 Å². The molecule has 0 aliphatic heterocycles. The fourth-order valence-corrected chi connectivity index (χ4v) is 1.66. The highest BCUT2D eigenvalue weighted by molar-refractivity contribution is 5.76. The van der Waals surface area contributed by atoms with Crippen LogP contribution in [0.1, 0.15) is 67.2 Å². The predicted octanol–water partition coefficient (Wildman–Crippen LogP) is 5.05. The molecule has 0 aromatic carbocycles. The van der Waals surface area contributed by atoms with Gasteiger partial charge in [0.2, 0.25) is 0 Å². The van der Waals surface area contributed by atoms with Crippen LogP contribution in [-0.2, 0) is 9.53 Å². The minimum Gasteiger partial charge on any atom is -0.461 e. The second-order valence-corrected chi connectivity index (χ2v) is 5.74. The molecule has 0 bridgehead atoms. The van der Waals surface area contributed by atoms with Crippen LogP contribution in [0.25, 0.3) is 0 Å². The van der Waals surface area contributed by atoms with Crippen LogP contribution < -0.4 is 0 Å². The Kier molecular flexibility index (Phi) is 8.46. The lowest BCUT2D eigenvalue weighted by atomic mass is 9.85. The van der Waals surface area contributed by atoms with Gasteiger partial charge in [0.25, 0.3) is 0 Å². The van der Waals surface area contributed by atoms with Gasteiger partial charge < -0.3 is 4.74 Å². The van der Waals surface area contributed by atoms with Crippen molar-refractivity contribution in [1.82, 2.24) is 0 Å². The third-order valence-corrected chi connectivity index (χ3v) is 3.79. The summed E-state index contributed by atoms with van der Waals surface area (Å²) in [6.45, 7) is 12.7. The molecule has 0 aliphatic carbocycles. The first-order chi connectivity index (χ1) is 8.85. The van der Waals surface area contributed by atoms with E-state index in [0.29, 0.717) is 6.61 Å². The second kappa shape index (κ2) is 8.95. The summed E-state index contributed by atoms with van der Waals surface area (Å²) in [5.41, 5.74) is 2.30. The van der Waals surface area contributed by atoms with Gasteiger partial charge >= 0.3 is 5.97 Å². The number of ether oxygens (including phenoxy) is 1. The molecular formula is C17H30O2. The van der Waals surface area contributed by atoms with E-state index in [-0.39, 0.29) is 11.4 Å². The fourth-order valence-electron chi connectivity index (χ4n) is 1.66. The van der Waals surface area contributed by atoms with Gasteiger partial charge in [-0.15, -0.1) is 0 Å². The van der Waals surface area contributed by atoms with Gasteiger partial charge in [-0.05, 0) is 59.5 Å². The van der Waals surface area contributed by atoms with E-state index in [1.807, 2.05) is 26.8 Å². The largest absolute Gasteiger partial charge is 0.461 e. The first-order valence-electron chi connectivity index (χ1n) is 7.32. The standard InChI is InChI=1S/C17H30O2/c1-7-17(6,8-2)16(18)19-13-12-15(5)11-9-10-14(3)4/h10,12H,7-9,11,13H2,1-6H3/b15-12+. The fraction of sp³-hybridized carbons (Fsp3) is 0.706. The van der Waals surface area contributed by atoms with Gasteiger partial charge in [-0.2, -0.15) is 0 Å². The lowest BCUT2D eigenvalue weighted by Gasteiger charge is -2.23. The molecule has 0 atom stereocenters. The molecule has 0 fully saturated rings. The van der Waals surface area contributed by atoms with Crippen molar-refractivity contribution in [2.75, 3.05) is 6.61 Å². The summed E-state index contributed by atoms with van der Waals surface area (Å²) in [6.07, 6.45) is 7.98. The van der Waals surface area contributed by atoms with Crippen LogP contribution in [0.2, 0.25) is 0 Å². The predicted molar refractivity (Wildman–Crippen MR) is 82.1 cm³/mol. The van der Waals surface area contributed by atoms with Crippen LogP contribution in [0.4, 0.5) is 0 Å². The summed E-state index contributed by atoms with van der Waals surface area (Å²) in [5.74, 6) is -0.0779. The number of rotatable bonds is 8. The first kappa shape index (κ1) is 17.9. The van der Waals surface area contributed by atoms with Crippen LogP contribution in [0.3, 0.4) is 0 Å². The van der Waals surface area contributed by atoms with Crippen molar-refractivity contribution >= 4 is 5.97 Å². The Hall–Kier alpha value is -1.05. The van der Waals surface area contributed by atoms with Gasteiger partial charge in [0.1, 0.15) is 6.61 Å². The molecular weight excluding hydrogens is 236 g/mol. The Morgan fingerprint density at radius 3 is 2.16 bits per heavy atom. The van der Waals surface area contributed by atoms with Crippen LogP contribution in [0, 0.1) is 5.41 Å². The van der Waals surface area contributed by atoms with Gasteiger partial charge in [-0.25, -0.2) is 0 Å². The van der Waals surface area contributed by atoms with E-state index in [9.17, 15) is 4.79 Å². The highest BCUT2D eigenvalue weighted by atomic mass is 16.5. The van der Waals surface area contributed by atoms with Crippen molar-refractivity contribution in [3.05, 3.63) is 23.3 Å². The maximum Gasteiger partial charge on any atom is 0.312 e. The Labute approximate surface area is 118 Å². The zero-order chi connectivity index (χ0) is 14.9. The SMILES string of the molecule is CCC(C)(CC)C(=O)OC/C=C(\C)CCC=C(C)C. The second-order valence-electron chi connectivity index (χ2n) is 5.74. The molecule has 0 unspecified atom stereocenters. The molecule has 0 radical (unpaired) electrons. The maximum atomic E-state index is 12.0. The zero-order valence-corrected chi connectivity index (χ0v) is 13.5. The molecule has 110 valence electrons.